The van der Waals surface area contributed by atoms with Gasteiger partial charge in [0.25, 0.3) is 11.8 Å². The third-order valence-electron chi connectivity index (χ3n) is 21.4. The molecule has 12 heteroatoms. The number of carbonyl (C=O) groups is 2. The van der Waals surface area contributed by atoms with E-state index in [0.717, 1.165) is 126 Å². The molecule has 2 amide bonds. The summed E-state index contributed by atoms with van der Waals surface area (Å²) >= 11 is 0. The molecule has 2 N–H and O–H groups in total. The van der Waals surface area contributed by atoms with E-state index in [2.05, 4.69) is 122 Å². The Balaban J connectivity index is 2.05. The van der Waals surface area contributed by atoms with E-state index in [1.807, 2.05) is 0 Å². The Morgan fingerprint density at radius 1 is 0.313 bits per heavy atom. The van der Waals surface area contributed by atoms with Crippen LogP contribution in [0, 0.1) is 59.2 Å². The monoisotopic (exact) mass is 1410 g/mol. The average molecular weight is 1410 g/mol. The number of nitrogens with zero attached hydrogens (tertiary/aromatic N) is 2. The molecule has 99 heavy (non-hydrogen) atoms. The first kappa shape index (κ1) is 95.6. The van der Waals surface area contributed by atoms with Crippen LogP contribution in [-0.4, -0.2) is 168 Å². The van der Waals surface area contributed by atoms with Crippen LogP contribution in [0.25, 0.3) is 0 Å². The molecule has 1 aliphatic rings. The molecular formula is C87H176N4O8+2. The lowest BCUT2D eigenvalue weighted by atomic mass is 9.91. The number of carbonyl (C=O) groups excluding carboxylic acids is 2. The minimum absolute atomic E-state index is 0.0716. The highest BCUT2D eigenvalue weighted by atomic mass is 16.5. The van der Waals surface area contributed by atoms with E-state index in [9.17, 15) is 9.59 Å². The Bertz CT molecular complexity index is 1650. The van der Waals surface area contributed by atoms with Crippen LogP contribution in [0.2, 0.25) is 0 Å². The van der Waals surface area contributed by atoms with E-state index in [1.54, 1.807) is 0 Å². The molecule has 12 nitrogen and oxygen atoms in total. The molecule has 10 atom stereocenters. The number of ether oxygens (including phenoxy) is 6. The lowest BCUT2D eigenvalue weighted by Gasteiger charge is -2.24. The van der Waals surface area contributed by atoms with Gasteiger partial charge in [0, 0.05) is 65.9 Å². The second-order valence-electron chi connectivity index (χ2n) is 36.0. The van der Waals surface area contributed by atoms with Gasteiger partial charge in [0.05, 0.1) is 67.7 Å². The fourth-order valence-corrected chi connectivity index (χ4v) is 14.6. The summed E-state index contributed by atoms with van der Waals surface area (Å²) in [5.74, 6) is 7.92. The van der Waals surface area contributed by atoms with Gasteiger partial charge in [-0.15, -0.1) is 0 Å². The van der Waals surface area contributed by atoms with Crippen LogP contribution in [0.4, 0.5) is 0 Å². The Kier molecular flexibility index (Phi) is 61.7. The maximum Gasteiger partial charge on any atom is 0.275 e. The maximum atomic E-state index is 12.7. The topological polar surface area (TPSA) is 114 Å². The molecule has 1 rings (SSSR count). The predicted molar refractivity (Wildman–Crippen MR) is 425 cm³/mol. The van der Waals surface area contributed by atoms with Crippen molar-refractivity contribution >= 4 is 11.8 Å². The van der Waals surface area contributed by atoms with Crippen LogP contribution in [0.5, 0.6) is 0 Å². The summed E-state index contributed by atoms with van der Waals surface area (Å²) in [6, 6.07) is 0. The number of nitrogens with one attached hydrogen (secondary N) is 2. The molecule has 1 fully saturated rings. The van der Waals surface area contributed by atoms with Gasteiger partial charge in [-0.05, 0) is 117 Å². The number of unbranched alkanes of at least 4 members (excludes halogenated alkanes) is 18. The van der Waals surface area contributed by atoms with Crippen LogP contribution in [0.1, 0.15) is 345 Å². The van der Waals surface area contributed by atoms with E-state index < -0.39 is 0 Å². The molecular weight excluding hydrogens is 1230 g/mol. The number of likely N-dealkylation sites (N-methyl/N-ethyl adjacent to an activating group) is 2. The van der Waals surface area contributed by atoms with Gasteiger partial charge in [0.2, 0.25) is 0 Å². The first-order valence-corrected chi connectivity index (χ1v) is 43.1. The Morgan fingerprint density at radius 2 is 0.556 bits per heavy atom. The summed E-state index contributed by atoms with van der Waals surface area (Å²) in [5, 5.41) is 6.26. The van der Waals surface area contributed by atoms with Crippen LogP contribution < -0.4 is 10.6 Å². The number of amides is 2. The molecule has 0 radical (unpaired) electrons. The van der Waals surface area contributed by atoms with Gasteiger partial charge in [-0.25, -0.2) is 0 Å². The number of hydrogen-bond acceptors (Lipinski definition) is 8. The van der Waals surface area contributed by atoms with Crippen molar-refractivity contribution in [1.29, 1.82) is 0 Å². The normalized spacial score (nSPS) is 17.1. The van der Waals surface area contributed by atoms with Crippen molar-refractivity contribution in [3.63, 3.8) is 0 Å². The number of rotatable bonds is 74. The number of quaternary nitrogens is 2. The fraction of sp³-hybridized carbons (Fsp3) is 0.977. The molecule has 1 aliphatic carbocycles. The highest BCUT2D eigenvalue weighted by Crippen LogP contribution is 2.32. The highest BCUT2D eigenvalue weighted by molar-refractivity contribution is 5.77. The maximum absolute atomic E-state index is 12.7. The first-order chi connectivity index (χ1) is 47.4. The Labute approximate surface area is 617 Å². The van der Waals surface area contributed by atoms with Crippen LogP contribution >= 0.6 is 0 Å². The van der Waals surface area contributed by atoms with E-state index in [0.29, 0.717) is 60.2 Å². The standard InChI is InChI=1S/C87H174N4O8/c1-74(2)43-37-45-76(5)47-39-49-78(7)51-41-53-80(9)57-63-98-84(66-88-86(92)68-90(11,12)13)72-96-61-35-31-27-23-19-17-21-25-29-33-59-94-70-82-55-56-83(65-82)71-95-60-34-30-26-22-18-20-24-28-32-36-62-97-73-85(67-89-87(93)69-91(14,15)16)99-64-58-81(10)54-42-52-79(8)50-40-48-77(6)46-38-44-75(3)4/h74-85H,17-73H2,1-16H3/p+2/t76-,77-,78-,79-,80?,81?,82-,83+,84-,85-/m1/s1. The molecule has 590 valence electrons. The molecule has 1 saturated carbocycles. The van der Waals surface area contributed by atoms with E-state index in [4.69, 9.17) is 28.4 Å². The van der Waals surface area contributed by atoms with Crippen molar-refractivity contribution in [2.75, 3.05) is 135 Å². The van der Waals surface area contributed by atoms with Gasteiger partial charge in [-0.1, -0.05) is 288 Å². The van der Waals surface area contributed by atoms with E-state index in [1.165, 1.54) is 250 Å². The minimum Gasteiger partial charge on any atom is -0.381 e. The number of hydrogen-bond donors (Lipinski definition) is 2. The smallest absolute Gasteiger partial charge is 0.275 e. The molecule has 0 saturated heterocycles. The molecule has 0 aromatic rings. The lowest BCUT2D eigenvalue weighted by molar-refractivity contribution is -0.862. The first-order valence-electron chi connectivity index (χ1n) is 43.1. The van der Waals surface area contributed by atoms with Gasteiger partial charge < -0.3 is 48.0 Å². The largest absolute Gasteiger partial charge is 0.381 e. The molecule has 0 aliphatic heterocycles. The fourth-order valence-electron chi connectivity index (χ4n) is 14.6. The third kappa shape index (κ3) is 67.0. The second kappa shape index (κ2) is 63.9. The summed E-state index contributed by atoms with van der Waals surface area (Å²) in [6.45, 7) is 33.6. The summed E-state index contributed by atoms with van der Waals surface area (Å²) in [7, 11) is 12.3. The van der Waals surface area contributed by atoms with Gasteiger partial charge in [0.1, 0.15) is 0 Å². The zero-order chi connectivity index (χ0) is 73.0. The average Bonchev–Trinajstić information content (AvgIpc) is 1.88. The zero-order valence-electron chi connectivity index (χ0n) is 69.4. The molecule has 2 unspecified atom stereocenters. The molecule has 0 spiro atoms. The van der Waals surface area contributed by atoms with Crippen LogP contribution in [0.3, 0.4) is 0 Å². The zero-order valence-corrected chi connectivity index (χ0v) is 69.4. The van der Waals surface area contributed by atoms with Gasteiger partial charge >= 0.3 is 0 Å². The van der Waals surface area contributed by atoms with Crippen molar-refractivity contribution in [1.82, 2.24) is 10.6 Å². The van der Waals surface area contributed by atoms with Crippen LogP contribution in [0.15, 0.2) is 0 Å². The highest BCUT2D eigenvalue weighted by Gasteiger charge is 2.25. The van der Waals surface area contributed by atoms with E-state index in [-0.39, 0.29) is 24.0 Å². The van der Waals surface area contributed by atoms with E-state index >= 15 is 0 Å². The van der Waals surface area contributed by atoms with Crippen molar-refractivity contribution in [3.05, 3.63) is 0 Å². The summed E-state index contributed by atoms with van der Waals surface area (Å²) in [4.78, 5) is 25.3. The summed E-state index contributed by atoms with van der Waals surface area (Å²) in [6.07, 6.45) is 55.7. The van der Waals surface area contributed by atoms with Crippen molar-refractivity contribution in [2.24, 2.45) is 59.2 Å². The SMILES string of the molecule is CC(C)CCC[C@@H](C)CCC[C@@H](C)CCCC(C)CCO[C@H](CNC(=O)C[N+](C)(C)C)COCCCCCCCCCCCCOC[C@H]1CC[C@@H](COCCCCCCCCCCCCOC[C@@H](CNC(=O)C[N+](C)(C)C)OCCC(C)CCC[C@H](C)CCC[C@H](C)CCCC(C)C)C1. The van der Waals surface area contributed by atoms with Crippen molar-refractivity contribution in [2.45, 2.75) is 358 Å². The molecule has 0 heterocycles. The molecule has 0 aromatic carbocycles. The molecule has 0 aromatic heterocycles. The van der Waals surface area contributed by atoms with Crippen molar-refractivity contribution < 1.29 is 47.0 Å². The minimum atomic E-state index is -0.106. The second-order valence-corrected chi connectivity index (χ2v) is 36.0. The van der Waals surface area contributed by atoms with Crippen molar-refractivity contribution in [3.8, 4) is 0 Å². The quantitative estimate of drug-likeness (QED) is 0.0457. The van der Waals surface area contributed by atoms with Gasteiger partial charge in [-0.3, -0.25) is 9.59 Å². The Morgan fingerprint density at radius 3 is 0.818 bits per heavy atom. The third-order valence-corrected chi connectivity index (χ3v) is 21.4. The molecule has 0 bridgehead atoms. The van der Waals surface area contributed by atoms with Crippen LogP contribution in [-0.2, 0) is 38.0 Å². The summed E-state index contributed by atoms with van der Waals surface area (Å²) in [5.41, 5.74) is 0. The van der Waals surface area contributed by atoms with Gasteiger partial charge in [0.15, 0.2) is 13.1 Å². The predicted octanol–water partition coefficient (Wildman–Crippen LogP) is 21.6. The lowest BCUT2D eigenvalue weighted by Crippen LogP contribution is -2.46. The Hall–Kier alpha value is -1.38. The summed E-state index contributed by atoms with van der Waals surface area (Å²) < 4.78 is 38.7. The van der Waals surface area contributed by atoms with Gasteiger partial charge in [-0.2, -0.15) is 0 Å².